The van der Waals surface area contributed by atoms with Crippen LogP contribution in [0.3, 0.4) is 0 Å². The molecule has 3 atom stereocenters. The van der Waals surface area contributed by atoms with Crippen LogP contribution in [0.25, 0.3) is 0 Å². The number of ketones is 1. The number of nitrogens with one attached hydrogen (secondary N) is 5. The summed E-state index contributed by atoms with van der Waals surface area (Å²) in [6, 6.07) is 3.45. The monoisotopic (exact) mass is 1070 g/mol. The number of rotatable bonds is 35. The van der Waals surface area contributed by atoms with E-state index in [9.17, 15) is 43.2 Å². The average molecular weight is 1070 g/mol. The van der Waals surface area contributed by atoms with E-state index in [1.807, 2.05) is 0 Å². The quantitative estimate of drug-likeness (QED) is 0.0279. The molecule has 1 aromatic rings. The third kappa shape index (κ3) is 39.3. The molecule has 23 heteroatoms. The third-order valence-electron chi connectivity index (χ3n) is 9.62. The lowest BCUT2D eigenvalue weighted by atomic mass is 10.0. The molecule has 23 nitrogen and oxygen atoms in total. The molecule has 0 aromatic heterocycles. The molecular formula is C52H88N6O17. The molecule has 0 bridgehead atoms. The van der Waals surface area contributed by atoms with Gasteiger partial charge in [-0.1, -0.05) is 13.3 Å². The Morgan fingerprint density at radius 1 is 0.587 bits per heavy atom. The average Bonchev–Trinajstić information content (AvgIpc) is 3.30. The number of carbonyl (C=O) groups excluding carboxylic acids is 8. The van der Waals surface area contributed by atoms with Gasteiger partial charge in [-0.05, 0) is 132 Å². The predicted molar refractivity (Wildman–Crippen MR) is 279 cm³/mol. The summed E-state index contributed by atoms with van der Waals surface area (Å²) in [6.45, 7) is 19.4. The number of carboxylic acid groups (broad SMARTS) is 1. The van der Waals surface area contributed by atoms with E-state index in [0.717, 1.165) is 19.4 Å². The number of anilines is 1. The third-order valence-corrected chi connectivity index (χ3v) is 9.62. The Labute approximate surface area is 442 Å². The van der Waals surface area contributed by atoms with Gasteiger partial charge in [-0.25, -0.2) is 14.4 Å². The molecule has 1 aromatic carbocycles. The number of Topliss-reactive ketones (excluding diaryl/α,β-unsaturated/α-hetero) is 1. The minimum atomic E-state index is -1.08. The molecule has 1 unspecified atom stereocenters. The summed E-state index contributed by atoms with van der Waals surface area (Å²) in [5.74, 6) is -4.08. The molecule has 0 spiro atoms. The number of hydrogen-bond donors (Lipinski definition) is 7. The maximum Gasteiger partial charge on any atom is 0.412 e. The second-order valence-corrected chi connectivity index (χ2v) is 20.3. The lowest BCUT2D eigenvalue weighted by Crippen LogP contribution is -2.47. The largest absolute Gasteiger partial charge is 0.480 e. The minimum Gasteiger partial charge on any atom is -0.480 e. The Morgan fingerprint density at radius 3 is 1.69 bits per heavy atom. The van der Waals surface area contributed by atoms with Gasteiger partial charge in [0.15, 0.2) is 0 Å². The number of carbonyl (C=O) groups is 9. The fourth-order valence-corrected chi connectivity index (χ4v) is 6.07. The van der Waals surface area contributed by atoms with Crippen molar-refractivity contribution in [3.63, 3.8) is 0 Å². The van der Waals surface area contributed by atoms with Crippen LogP contribution in [-0.2, 0) is 66.7 Å². The summed E-state index contributed by atoms with van der Waals surface area (Å²) in [5, 5.41) is 21.4. The number of likely N-dealkylation sites (N-methyl/N-ethyl adjacent to an activating group) is 1. The number of nitrogens with two attached hydrogens (primary N) is 1. The molecule has 0 saturated heterocycles. The molecule has 1 rings (SSSR count). The van der Waals surface area contributed by atoms with Crippen molar-refractivity contribution in [2.75, 3.05) is 71.8 Å². The van der Waals surface area contributed by atoms with E-state index in [1.165, 1.54) is 7.05 Å². The van der Waals surface area contributed by atoms with Crippen molar-refractivity contribution in [3.05, 3.63) is 29.8 Å². The van der Waals surface area contributed by atoms with Gasteiger partial charge in [-0.2, -0.15) is 0 Å². The first-order valence-corrected chi connectivity index (χ1v) is 25.5. The summed E-state index contributed by atoms with van der Waals surface area (Å²) in [6.07, 6.45) is 3.40. The van der Waals surface area contributed by atoms with Crippen LogP contribution in [0.15, 0.2) is 24.3 Å². The highest BCUT2D eigenvalue weighted by atomic mass is 16.6. The topological polar surface area (TPSA) is 325 Å². The van der Waals surface area contributed by atoms with Gasteiger partial charge >= 0.3 is 24.0 Å². The van der Waals surface area contributed by atoms with Crippen LogP contribution >= 0.6 is 0 Å². The van der Waals surface area contributed by atoms with Gasteiger partial charge in [0.2, 0.25) is 17.7 Å². The summed E-state index contributed by atoms with van der Waals surface area (Å²) >= 11 is 0. The number of ether oxygens (including phenoxy) is 7. The normalized spacial score (nSPS) is 12.6. The van der Waals surface area contributed by atoms with E-state index < -0.39 is 70.7 Å². The van der Waals surface area contributed by atoms with Crippen LogP contribution in [0.1, 0.15) is 150 Å². The van der Waals surface area contributed by atoms with Crippen LogP contribution in [0, 0.1) is 0 Å². The summed E-state index contributed by atoms with van der Waals surface area (Å²) in [7, 11) is 1.47. The number of esters is 2. The maximum atomic E-state index is 12.9. The molecule has 0 saturated carbocycles. The van der Waals surface area contributed by atoms with Crippen LogP contribution < -0.4 is 32.3 Å². The summed E-state index contributed by atoms with van der Waals surface area (Å²) in [5.41, 5.74) is 4.57. The highest BCUT2D eigenvalue weighted by molar-refractivity contribution is 5.95. The van der Waals surface area contributed by atoms with Crippen molar-refractivity contribution in [2.24, 2.45) is 5.73 Å². The van der Waals surface area contributed by atoms with Gasteiger partial charge in [-0.3, -0.25) is 34.1 Å². The Kier molecular flexibility index (Phi) is 35.0. The van der Waals surface area contributed by atoms with E-state index in [2.05, 4.69) is 33.5 Å². The standard InChI is InChI=1S/C44H72N6O13.C8H16O4/c1-42(2,3)61-39(56)32(45)21-23-35(52)50-34(40(57)62-43(4,5)6)22-20-31(51)14-13-25-59-26-27-60-28-36(53)49-33(38(55)46-10)15-11-12-24-47-37(54)29-16-18-30(19-17-29)48-41(58)63-44(7,8)9;1-2-3-4-11-5-6-12-7-8(9)10/h16-19,32-34H,11-15,20-28,45H2,1-10H3,(H,46,55)(H,47,54)(H,48,58)(H,49,53)(H,50,52);2-7H2,1H3,(H,9,10)/t32-,33-,34?;/m0./s1. The molecule has 8 N–H and O–H groups in total. The molecule has 0 aliphatic heterocycles. The van der Waals surface area contributed by atoms with Gasteiger partial charge in [0.1, 0.15) is 53.9 Å². The Bertz CT molecular complexity index is 1890. The fourth-order valence-electron chi connectivity index (χ4n) is 6.07. The summed E-state index contributed by atoms with van der Waals surface area (Å²) < 4.78 is 36.7. The molecule has 0 aliphatic carbocycles. The highest BCUT2D eigenvalue weighted by Crippen LogP contribution is 2.15. The Hall–Kier alpha value is -5.75. The fraction of sp³-hybridized carbons (Fsp3) is 0.712. The van der Waals surface area contributed by atoms with Gasteiger partial charge < -0.3 is 65.3 Å². The number of benzene rings is 1. The van der Waals surface area contributed by atoms with Gasteiger partial charge in [0, 0.05) is 57.3 Å². The zero-order chi connectivity index (χ0) is 57.0. The van der Waals surface area contributed by atoms with E-state index in [1.54, 1.807) is 86.6 Å². The van der Waals surface area contributed by atoms with E-state index in [4.69, 9.17) is 44.0 Å². The number of hydrogen-bond acceptors (Lipinski definition) is 17. The molecule has 75 heavy (non-hydrogen) atoms. The summed E-state index contributed by atoms with van der Waals surface area (Å²) in [4.78, 5) is 110. The van der Waals surface area contributed by atoms with Gasteiger partial charge in [0.25, 0.3) is 5.91 Å². The van der Waals surface area contributed by atoms with Crippen LogP contribution in [0.5, 0.6) is 0 Å². The van der Waals surface area contributed by atoms with Crippen molar-refractivity contribution in [1.82, 2.24) is 21.3 Å². The molecule has 0 heterocycles. The smallest absolute Gasteiger partial charge is 0.412 e. The highest BCUT2D eigenvalue weighted by Gasteiger charge is 2.29. The number of carboxylic acids is 1. The van der Waals surface area contributed by atoms with E-state index in [-0.39, 0.29) is 82.7 Å². The van der Waals surface area contributed by atoms with Crippen LogP contribution in [0.4, 0.5) is 10.5 Å². The first-order chi connectivity index (χ1) is 35.0. The maximum absolute atomic E-state index is 12.9. The number of aliphatic carboxylic acids is 1. The zero-order valence-electron chi connectivity index (χ0n) is 46.2. The first-order valence-electron chi connectivity index (χ1n) is 25.5. The lowest BCUT2D eigenvalue weighted by molar-refractivity contribution is -0.159. The van der Waals surface area contributed by atoms with Crippen molar-refractivity contribution in [1.29, 1.82) is 0 Å². The van der Waals surface area contributed by atoms with Crippen molar-refractivity contribution in [3.8, 4) is 0 Å². The van der Waals surface area contributed by atoms with Gasteiger partial charge in [0.05, 0.1) is 26.4 Å². The number of unbranched alkanes of at least 4 members (excludes halogenated alkanes) is 2. The SMILES string of the molecule is CCCCOCCOCC(=O)O.CNC(=O)[C@H](CCCCNC(=O)c1ccc(NC(=O)OC(C)(C)C)cc1)NC(=O)COCCOCCCC(=O)CCC(NC(=O)CC[C@H](N)C(=O)OC(C)(C)C)C(=O)OC(C)(C)C. The predicted octanol–water partition coefficient (Wildman–Crippen LogP) is 4.51. The minimum absolute atomic E-state index is 0.00154. The second kappa shape index (κ2) is 37.9. The van der Waals surface area contributed by atoms with Crippen LogP contribution in [0.2, 0.25) is 0 Å². The van der Waals surface area contributed by atoms with Crippen LogP contribution in [-0.4, -0.2) is 160 Å². The first kappa shape index (κ1) is 69.2. The second-order valence-electron chi connectivity index (χ2n) is 20.3. The molecular weight excluding hydrogens is 981 g/mol. The molecule has 5 amide bonds. The zero-order valence-corrected chi connectivity index (χ0v) is 46.2. The van der Waals surface area contributed by atoms with Crippen molar-refractivity contribution < 1.29 is 81.4 Å². The van der Waals surface area contributed by atoms with E-state index in [0.29, 0.717) is 56.7 Å². The molecule has 0 radical (unpaired) electrons. The lowest BCUT2D eigenvalue weighted by Gasteiger charge is -2.25. The molecule has 0 aliphatic rings. The van der Waals surface area contributed by atoms with Crippen molar-refractivity contribution in [2.45, 2.75) is 175 Å². The number of amides is 5. The van der Waals surface area contributed by atoms with Crippen molar-refractivity contribution >= 4 is 59.1 Å². The Morgan fingerprint density at radius 2 is 1.13 bits per heavy atom. The van der Waals surface area contributed by atoms with E-state index >= 15 is 0 Å². The molecule has 0 fully saturated rings. The van der Waals surface area contributed by atoms with Gasteiger partial charge in [-0.15, -0.1) is 0 Å². The Balaban J connectivity index is 0.00000401. The molecule has 428 valence electrons.